The molecule has 0 saturated heterocycles. The van der Waals surface area contributed by atoms with E-state index in [9.17, 15) is 10.2 Å². The summed E-state index contributed by atoms with van der Waals surface area (Å²) in [5.74, 6) is 6.17. The maximum atomic E-state index is 10.6. The Balaban J connectivity index is 1.42. The largest absolute Gasteiger partial charge is 0.506 e. The van der Waals surface area contributed by atoms with Gasteiger partial charge in [-0.05, 0) is 59.7 Å². The van der Waals surface area contributed by atoms with Crippen LogP contribution in [0.2, 0.25) is 10.3 Å². The summed E-state index contributed by atoms with van der Waals surface area (Å²) in [7, 11) is 0. The molecule has 8 nitrogen and oxygen atoms in total. The maximum absolute atomic E-state index is 10.6. The van der Waals surface area contributed by atoms with Gasteiger partial charge in [0.05, 0.1) is 28.9 Å². The zero-order chi connectivity index (χ0) is 24.1. The van der Waals surface area contributed by atoms with Gasteiger partial charge in [0, 0.05) is 19.3 Å². The van der Waals surface area contributed by atoms with Gasteiger partial charge in [0.25, 0.3) is 0 Å². The van der Waals surface area contributed by atoms with E-state index in [1.54, 1.807) is 48.8 Å². The quantitative estimate of drug-likeness (QED) is 0.124. The van der Waals surface area contributed by atoms with Crippen molar-refractivity contribution in [2.24, 2.45) is 5.84 Å². The first kappa shape index (κ1) is 23.4. The molecule has 174 valence electrons. The van der Waals surface area contributed by atoms with Gasteiger partial charge >= 0.3 is 0 Å². The Morgan fingerprint density at radius 1 is 0.824 bits per heavy atom. The minimum Gasteiger partial charge on any atom is -0.506 e. The number of hydrogen-bond donors (Lipinski definition) is 5. The van der Waals surface area contributed by atoms with E-state index in [4.69, 9.17) is 29.0 Å². The number of hydrogen-bond acceptors (Lipinski definition) is 8. The molecule has 2 heterocycles. The molecule has 2 aromatic heterocycles. The van der Waals surface area contributed by atoms with E-state index in [1.165, 1.54) is 5.01 Å². The van der Waals surface area contributed by atoms with Crippen LogP contribution in [-0.4, -0.2) is 20.2 Å². The normalized spacial score (nSPS) is 10.7. The minimum absolute atomic E-state index is 0.0209. The maximum Gasteiger partial charge on any atom is 0.152 e. The summed E-state index contributed by atoms with van der Waals surface area (Å²) >= 11 is 11.9. The number of phenols is 2. The smallest absolute Gasteiger partial charge is 0.152 e. The van der Waals surface area contributed by atoms with Gasteiger partial charge in [-0.2, -0.15) is 0 Å². The third-order valence-electron chi connectivity index (χ3n) is 5.06. The van der Waals surface area contributed by atoms with Crippen molar-refractivity contribution in [2.45, 2.75) is 13.1 Å². The number of nitrogens with two attached hydrogens (primary N) is 1. The standard InChI is InChI=1S/C24H22Cl2N6O2/c25-23-8-5-17(14-31-23)29-12-15-3-6-19(21(33)10-15)32(27)20-7-4-16(11-22(20)34)13-30-18-2-1-9-28-24(18)26/h1-11,14,29-30,33-34H,12-13,27H2. The minimum atomic E-state index is -0.0283. The lowest BCUT2D eigenvalue weighted by Gasteiger charge is -2.22. The monoisotopic (exact) mass is 496 g/mol. The molecule has 2 aromatic carbocycles. The molecule has 0 bridgehead atoms. The lowest BCUT2D eigenvalue weighted by atomic mass is 10.1. The third kappa shape index (κ3) is 5.60. The Bertz CT molecular complexity index is 1290. The highest BCUT2D eigenvalue weighted by molar-refractivity contribution is 6.31. The highest BCUT2D eigenvalue weighted by atomic mass is 35.5. The predicted octanol–water partition coefficient (Wildman–Crippen LogP) is 5.43. The Morgan fingerprint density at radius 2 is 1.47 bits per heavy atom. The zero-order valence-electron chi connectivity index (χ0n) is 17.9. The number of nitrogens with one attached hydrogen (secondary N) is 2. The highest BCUT2D eigenvalue weighted by Gasteiger charge is 2.15. The number of aromatic nitrogens is 2. The van der Waals surface area contributed by atoms with Crippen molar-refractivity contribution in [2.75, 3.05) is 15.6 Å². The van der Waals surface area contributed by atoms with Gasteiger partial charge < -0.3 is 20.8 Å². The summed E-state index contributed by atoms with van der Waals surface area (Å²) < 4.78 is 0. The van der Waals surface area contributed by atoms with Crippen molar-refractivity contribution >= 4 is 46.0 Å². The summed E-state index contributed by atoms with van der Waals surface area (Å²) in [5.41, 5.74) is 3.84. The SMILES string of the molecule is NN(c1ccc(CNc2ccc(Cl)nc2)cc1O)c1ccc(CNc2cccnc2Cl)cc1O. The van der Waals surface area contributed by atoms with Gasteiger partial charge in [0.2, 0.25) is 0 Å². The number of nitrogens with zero attached hydrogens (tertiary/aromatic N) is 3. The van der Waals surface area contributed by atoms with Crippen LogP contribution in [0.4, 0.5) is 22.7 Å². The van der Waals surface area contributed by atoms with Gasteiger partial charge in [0.1, 0.15) is 16.7 Å². The van der Waals surface area contributed by atoms with Crippen LogP contribution in [0.3, 0.4) is 0 Å². The molecule has 0 amide bonds. The highest BCUT2D eigenvalue weighted by Crippen LogP contribution is 2.36. The molecule has 34 heavy (non-hydrogen) atoms. The average Bonchev–Trinajstić information content (AvgIpc) is 2.83. The van der Waals surface area contributed by atoms with E-state index in [-0.39, 0.29) is 11.5 Å². The molecule has 0 saturated carbocycles. The fourth-order valence-electron chi connectivity index (χ4n) is 3.29. The van der Waals surface area contributed by atoms with Gasteiger partial charge in [-0.15, -0.1) is 0 Å². The molecule has 0 unspecified atom stereocenters. The van der Waals surface area contributed by atoms with Gasteiger partial charge in [-0.25, -0.2) is 15.8 Å². The summed E-state index contributed by atoms with van der Waals surface area (Å²) in [4.78, 5) is 8.04. The number of phenolic OH excluding ortho intramolecular Hbond substituents is 2. The van der Waals surface area contributed by atoms with Crippen LogP contribution in [0.25, 0.3) is 0 Å². The van der Waals surface area contributed by atoms with Crippen molar-refractivity contribution in [3.63, 3.8) is 0 Å². The molecular formula is C24H22Cl2N6O2. The molecule has 0 radical (unpaired) electrons. The van der Waals surface area contributed by atoms with Crippen molar-refractivity contribution in [3.05, 3.63) is 94.5 Å². The summed E-state index contributed by atoms with van der Waals surface area (Å²) in [6.07, 6.45) is 3.24. The Kier molecular flexibility index (Phi) is 7.22. The number of halogens is 2. The van der Waals surface area contributed by atoms with Crippen LogP contribution >= 0.6 is 23.2 Å². The second-order valence-electron chi connectivity index (χ2n) is 7.43. The van der Waals surface area contributed by atoms with Crippen molar-refractivity contribution < 1.29 is 10.2 Å². The Morgan fingerprint density at radius 3 is 2.03 bits per heavy atom. The number of aromatic hydroxyl groups is 2. The molecule has 6 N–H and O–H groups in total. The molecule has 0 aliphatic rings. The Labute approximate surface area is 206 Å². The zero-order valence-corrected chi connectivity index (χ0v) is 19.4. The van der Waals surface area contributed by atoms with Crippen molar-refractivity contribution in [1.82, 2.24) is 9.97 Å². The second-order valence-corrected chi connectivity index (χ2v) is 8.18. The topological polar surface area (TPSA) is 120 Å². The van der Waals surface area contributed by atoms with Crippen LogP contribution in [0.15, 0.2) is 73.1 Å². The van der Waals surface area contributed by atoms with E-state index >= 15 is 0 Å². The van der Waals surface area contributed by atoms with E-state index in [0.717, 1.165) is 16.8 Å². The molecular weight excluding hydrogens is 475 g/mol. The lowest BCUT2D eigenvalue weighted by molar-refractivity contribution is 0.470. The van der Waals surface area contributed by atoms with E-state index < -0.39 is 0 Å². The van der Waals surface area contributed by atoms with Crippen LogP contribution in [0.1, 0.15) is 11.1 Å². The van der Waals surface area contributed by atoms with Gasteiger partial charge in [-0.1, -0.05) is 35.3 Å². The van der Waals surface area contributed by atoms with Crippen LogP contribution in [0.5, 0.6) is 11.5 Å². The van der Waals surface area contributed by atoms with Gasteiger partial charge in [-0.3, -0.25) is 5.01 Å². The molecule has 4 aromatic rings. The van der Waals surface area contributed by atoms with Crippen molar-refractivity contribution in [1.29, 1.82) is 0 Å². The number of pyridine rings is 2. The molecule has 0 fully saturated rings. The first-order valence-corrected chi connectivity index (χ1v) is 11.0. The predicted molar refractivity (Wildman–Crippen MR) is 136 cm³/mol. The Hall–Kier alpha value is -3.72. The number of anilines is 4. The van der Waals surface area contributed by atoms with Crippen LogP contribution in [0, 0.1) is 0 Å². The van der Waals surface area contributed by atoms with E-state index in [2.05, 4.69) is 20.6 Å². The van der Waals surface area contributed by atoms with E-state index in [1.807, 2.05) is 24.3 Å². The molecule has 4 rings (SSSR count). The third-order valence-corrected chi connectivity index (χ3v) is 5.59. The number of benzene rings is 2. The van der Waals surface area contributed by atoms with Crippen LogP contribution < -0.4 is 21.5 Å². The molecule has 0 aliphatic carbocycles. The lowest BCUT2D eigenvalue weighted by Crippen LogP contribution is -2.25. The summed E-state index contributed by atoms with van der Waals surface area (Å²) in [6.45, 7) is 0.898. The summed E-state index contributed by atoms with van der Waals surface area (Å²) in [6, 6.07) is 17.3. The van der Waals surface area contributed by atoms with Crippen molar-refractivity contribution in [3.8, 4) is 11.5 Å². The molecule has 10 heteroatoms. The number of hydrazine groups is 1. The molecule has 0 spiro atoms. The van der Waals surface area contributed by atoms with Crippen LogP contribution in [-0.2, 0) is 13.1 Å². The fourth-order valence-corrected chi connectivity index (χ4v) is 3.59. The molecule has 0 atom stereocenters. The van der Waals surface area contributed by atoms with E-state index in [0.29, 0.717) is 40.5 Å². The summed E-state index contributed by atoms with van der Waals surface area (Å²) in [5, 5.41) is 29.5. The average molecular weight is 497 g/mol. The first-order valence-electron chi connectivity index (χ1n) is 10.3. The molecule has 0 aliphatic heterocycles. The number of rotatable bonds is 8. The van der Waals surface area contributed by atoms with Gasteiger partial charge in [0.15, 0.2) is 5.15 Å². The first-order chi connectivity index (χ1) is 16.4. The second kappa shape index (κ2) is 10.5. The fraction of sp³-hybridized carbons (Fsp3) is 0.0833.